The molecule has 0 aromatic heterocycles. The number of nitrogens with zero attached hydrogens (tertiary/aromatic N) is 1. The Kier molecular flexibility index (Phi) is 5.35. The van der Waals surface area contributed by atoms with Gasteiger partial charge in [-0.1, -0.05) is 26.3 Å². The number of piperidine rings is 1. The summed E-state index contributed by atoms with van der Waals surface area (Å²) in [5, 5.41) is 3.18. The van der Waals surface area contributed by atoms with Gasteiger partial charge in [0, 0.05) is 25.7 Å². The molecule has 1 saturated heterocycles. The molecule has 1 N–H and O–H groups in total. The molecule has 0 unspecified atom stereocenters. The van der Waals surface area contributed by atoms with Crippen molar-refractivity contribution in [3.63, 3.8) is 0 Å². The fourth-order valence-corrected chi connectivity index (χ4v) is 3.99. The van der Waals surface area contributed by atoms with Crippen molar-refractivity contribution in [2.75, 3.05) is 13.1 Å². The predicted molar refractivity (Wildman–Crippen MR) is 81.0 cm³/mol. The van der Waals surface area contributed by atoms with Gasteiger partial charge in [-0.3, -0.25) is 0 Å². The number of rotatable bonds is 5. The molecule has 1 fully saturated rings. The molecule has 1 heterocycles. The summed E-state index contributed by atoms with van der Waals surface area (Å²) in [6.45, 7) is 5.51. The maximum Gasteiger partial charge on any atom is 0.245 e. The molecule has 0 saturated carbocycles. The standard InChI is InChI=1S/C15H23FN2O2S/c1-12(2)17-11-13-6-7-15(14(16)10-13)21(19,20)18-8-4-3-5-9-18/h6-7,10,12,17H,3-5,8-9,11H2,1-2H3. The highest BCUT2D eigenvalue weighted by molar-refractivity contribution is 7.89. The number of nitrogens with one attached hydrogen (secondary N) is 1. The lowest BCUT2D eigenvalue weighted by molar-refractivity contribution is 0.345. The molecule has 0 spiro atoms. The Morgan fingerprint density at radius 1 is 1.24 bits per heavy atom. The van der Waals surface area contributed by atoms with Crippen molar-refractivity contribution in [2.24, 2.45) is 0 Å². The van der Waals surface area contributed by atoms with Crippen LogP contribution in [0.4, 0.5) is 4.39 Å². The van der Waals surface area contributed by atoms with Gasteiger partial charge in [-0.2, -0.15) is 4.31 Å². The van der Waals surface area contributed by atoms with Gasteiger partial charge in [0.15, 0.2) is 0 Å². The van der Waals surface area contributed by atoms with Crippen LogP contribution in [0.1, 0.15) is 38.7 Å². The van der Waals surface area contributed by atoms with Crippen molar-refractivity contribution in [1.29, 1.82) is 0 Å². The second-order valence-corrected chi connectivity index (χ2v) is 7.67. The molecule has 0 atom stereocenters. The van der Waals surface area contributed by atoms with E-state index in [2.05, 4.69) is 5.32 Å². The lowest BCUT2D eigenvalue weighted by Crippen LogP contribution is -2.36. The first kappa shape index (κ1) is 16.4. The summed E-state index contributed by atoms with van der Waals surface area (Å²) in [7, 11) is -3.70. The lowest BCUT2D eigenvalue weighted by Gasteiger charge is -2.26. The van der Waals surface area contributed by atoms with Gasteiger partial charge < -0.3 is 5.32 Å². The molecule has 1 aromatic rings. The van der Waals surface area contributed by atoms with Crippen molar-refractivity contribution in [2.45, 2.75) is 50.6 Å². The van der Waals surface area contributed by atoms with Crippen molar-refractivity contribution < 1.29 is 12.8 Å². The molecular weight excluding hydrogens is 291 g/mol. The topological polar surface area (TPSA) is 49.4 Å². The first-order chi connectivity index (χ1) is 9.91. The average Bonchev–Trinajstić information content (AvgIpc) is 2.46. The van der Waals surface area contributed by atoms with E-state index in [-0.39, 0.29) is 4.90 Å². The Morgan fingerprint density at radius 2 is 1.90 bits per heavy atom. The Labute approximate surface area is 126 Å². The minimum Gasteiger partial charge on any atom is -0.310 e. The van der Waals surface area contributed by atoms with Crippen LogP contribution in [-0.4, -0.2) is 31.9 Å². The summed E-state index contributed by atoms with van der Waals surface area (Å²) in [5.74, 6) is -0.663. The lowest BCUT2D eigenvalue weighted by atomic mass is 10.2. The molecule has 4 nitrogen and oxygen atoms in total. The van der Waals surface area contributed by atoms with Gasteiger partial charge in [0.2, 0.25) is 10.0 Å². The summed E-state index contributed by atoms with van der Waals surface area (Å²) in [6.07, 6.45) is 2.72. The fraction of sp³-hybridized carbons (Fsp3) is 0.600. The Morgan fingerprint density at radius 3 is 2.48 bits per heavy atom. The highest BCUT2D eigenvalue weighted by Crippen LogP contribution is 2.23. The largest absolute Gasteiger partial charge is 0.310 e. The number of hydrogen-bond acceptors (Lipinski definition) is 3. The molecule has 2 rings (SSSR count). The smallest absolute Gasteiger partial charge is 0.245 e. The van der Waals surface area contributed by atoms with E-state index >= 15 is 0 Å². The van der Waals surface area contributed by atoms with Crippen molar-refractivity contribution >= 4 is 10.0 Å². The van der Waals surface area contributed by atoms with Crippen LogP contribution in [0.5, 0.6) is 0 Å². The van der Waals surface area contributed by atoms with Crippen molar-refractivity contribution in [3.8, 4) is 0 Å². The molecule has 1 aliphatic rings. The molecule has 0 amide bonds. The molecule has 0 radical (unpaired) electrons. The molecule has 0 bridgehead atoms. The summed E-state index contributed by atoms with van der Waals surface area (Å²) < 4.78 is 40.5. The molecule has 6 heteroatoms. The van der Waals surface area contributed by atoms with Crippen molar-refractivity contribution in [1.82, 2.24) is 9.62 Å². The van der Waals surface area contributed by atoms with Crippen LogP contribution < -0.4 is 5.32 Å². The van der Waals surface area contributed by atoms with E-state index in [1.165, 1.54) is 16.4 Å². The molecule has 0 aliphatic carbocycles. The summed E-state index contributed by atoms with van der Waals surface area (Å²) >= 11 is 0. The fourth-order valence-electron chi connectivity index (χ4n) is 2.43. The van der Waals surface area contributed by atoms with Crippen LogP contribution in [0.3, 0.4) is 0 Å². The van der Waals surface area contributed by atoms with Crippen LogP contribution in [0.25, 0.3) is 0 Å². The summed E-state index contributed by atoms with van der Waals surface area (Å²) in [4.78, 5) is -0.210. The molecular formula is C15H23FN2O2S. The van der Waals surface area contributed by atoms with E-state index in [0.717, 1.165) is 24.8 Å². The summed E-state index contributed by atoms with van der Waals surface area (Å²) in [5.41, 5.74) is 0.749. The van der Waals surface area contributed by atoms with E-state index in [1.54, 1.807) is 6.07 Å². The van der Waals surface area contributed by atoms with Crippen LogP contribution in [-0.2, 0) is 16.6 Å². The van der Waals surface area contributed by atoms with E-state index in [9.17, 15) is 12.8 Å². The zero-order chi connectivity index (χ0) is 15.5. The monoisotopic (exact) mass is 314 g/mol. The second kappa shape index (κ2) is 6.85. The van der Waals surface area contributed by atoms with Gasteiger partial charge in [-0.15, -0.1) is 0 Å². The van der Waals surface area contributed by atoms with Crippen LogP contribution in [0, 0.1) is 5.82 Å². The first-order valence-electron chi connectivity index (χ1n) is 7.43. The Balaban J connectivity index is 2.19. The van der Waals surface area contributed by atoms with E-state index < -0.39 is 15.8 Å². The Hall–Kier alpha value is -0.980. The van der Waals surface area contributed by atoms with Crippen LogP contribution in [0.2, 0.25) is 0 Å². The van der Waals surface area contributed by atoms with E-state index in [1.807, 2.05) is 13.8 Å². The van der Waals surface area contributed by atoms with Crippen LogP contribution >= 0.6 is 0 Å². The maximum absolute atomic E-state index is 14.2. The molecule has 118 valence electrons. The first-order valence-corrected chi connectivity index (χ1v) is 8.87. The number of hydrogen-bond donors (Lipinski definition) is 1. The second-order valence-electron chi connectivity index (χ2n) is 5.77. The van der Waals surface area contributed by atoms with Crippen LogP contribution in [0.15, 0.2) is 23.1 Å². The van der Waals surface area contributed by atoms with E-state index in [4.69, 9.17) is 0 Å². The van der Waals surface area contributed by atoms with Gasteiger partial charge in [-0.05, 0) is 30.5 Å². The van der Waals surface area contributed by atoms with Gasteiger partial charge in [-0.25, -0.2) is 12.8 Å². The van der Waals surface area contributed by atoms with E-state index in [0.29, 0.717) is 25.7 Å². The SMILES string of the molecule is CC(C)NCc1ccc(S(=O)(=O)N2CCCCC2)c(F)c1. The van der Waals surface area contributed by atoms with Gasteiger partial charge >= 0.3 is 0 Å². The zero-order valence-corrected chi connectivity index (χ0v) is 13.4. The zero-order valence-electron chi connectivity index (χ0n) is 12.6. The molecule has 21 heavy (non-hydrogen) atoms. The van der Waals surface area contributed by atoms with Gasteiger partial charge in [0.25, 0.3) is 0 Å². The maximum atomic E-state index is 14.2. The normalized spacial score (nSPS) is 17.3. The minimum absolute atomic E-state index is 0.210. The minimum atomic E-state index is -3.70. The number of sulfonamides is 1. The third-order valence-electron chi connectivity index (χ3n) is 3.64. The number of halogens is 1. The highest BCUT2D eigenvalue weighted by atomic mass is 32.2. The highest BCUT2D eigenvalue weighted by Gasteiger charge is 2.28. The van der Waals surface area contributed by atoms with Gasteiger partial charge in [0.05, 0.1) is 0 Å². The molecule has 1 aliphatic heterocycles. The number of benzene rings is 1. The van der Waals surface area contributed by atoms with Gasteiger partial charge in [0.1, 0.15) is 10.7 Å². The summed E-state index contributed by atoms with van der Waals surface area (Å²) in [6, 6.07) is 4.67. The quantitative estimate of drug-likeness (QED) is 0.908. The predicted octanol–water partition coefficient (Wildman–Crippen LogP) is 2.50. The van der Waals surface area contributed by atoms with Crippen molar-refractivity contribution in [3.05, 3.63) is 29.6 Å². The Bertz CT molecular complexity index is 581. The third kappa shape index (κ3) is 4.02. The average molecular weight is 314 g/mol. The third-order valence-corrected chi connectivity index (χ3v) is 5.58. The molecule has 1 aromatic carbocycles.